The van der Waals surface area contributed by atoms with Crippen LogP contribution in [0.2, 0.25) is 0 Å². The average Bonchev–Trinajstić information content (AvgIpc) is 2.87. The van der Waals surface area contributed by atoms with Crippen LogP contribution < -0.4 is 5.32 Å². The first-order valence-electron chi connectivity index (χ1n) is 10.3. The Labute approximate surface area is 160 Å². The van der Waals surface area contributed by atoms with Gasteiger partial charge in [-0.2, -0.15) is 5.06 Å². The Morgan fingerprint density at radius 3 is 2.52 bits per heavy atom. The molecule has 1 aromatic carbocycles. The molecule has 2 saturated heterocycles. The third kappa shape index (κ3) is 4.10. The van der Waals surface area contributed by atoms with E-state index in [0.717, 1.165) is 24.8 Å². The largest absolute Gasteiger partial charge is 0.352 e. The summed E-state index contributed by atoms with van der Waals surface area (Å²) in [6, 6.07) is 9.62. The maximum absolute atomic E-state index is 12.8. The normalized spacial score (nSPS) is 26.1. The summed E-state index contributed by atoms with van der Waals surface area (Å²) in [6.07, 6.45) is 8.51. The monoisotopic (exact) mass is 371 g/mol. The third-order valence-corrected chi connectivity index (χ3v) is 6.04. The number of hydrogen-bond acceptors (Lipinski definition) is 3. The van der Waals surface area contributed by atoms with Gasteiger partial charge in [0.1, 0.15) is 12.6 Å². The smallest absolute Gasteiger partial charge is 0.345 e. The summed E-state index contributed by atoms with van der Waals surface area (Å²) in [6.45, 7) is 0.951. The molecule has 6 nitrogen and oxygen atoms in total. The zero-order chi connectivity index (χ0) is 18.6. The van der Waals surface area contributed by atoms with Crippen LogP contribution in [-0.4, -0.2) is 46.6 Å². The second-order valence-corrected chi connectivity index (χ2v) is 7.96. The lowest BCUT2D eigenvalue weighted by Crippen LogP contribution is -2.51. The van der Waals surface area contributed by atoms with Crippen molar-refractivity contribution < 1.29 is 14.4 Å². The zero-order valence-corrected chi connectivity index (χ0v) is 15.8. The highest BCUT2D eigenvalue weighted by atomic mass is 16.7. The van der Waals surface area contributed by atoms with E-state index in [9.17, 15) is 9.59 Å². The Morgan fingerprint density at radius 2 is 1.78 bits per heavy atom. The lowest BCUT2D eigenvalue weighted by atomic mass is 9.99. The maximum Gasteiger partial charge on any atom is 0.345 e. The topological polar surface area (TPSA) is 61.9 Å². The molecule has 3 aliphatic rings. The number of piperidine rings is 1. The number of hydroxylamine groups is 2. The summed E-state index contributed by atoms with van der Waals surface area (Å²) < 4.78 is 0. The fourth-order valence-electron chi connectivity index (χ4n) is 4.51. The molecule has 27 heavy (non-hydrogen) atoms. The van der Waals surface area contributed by atoms with Gasteiger partial charge in [-0.05, 0) is 31.2 Å². The number of carbonyl (C=O) groups excluding carboxylic acids is 2. The van der Waals surface area contributed by atoms with E-state index in [-0.39, 0.29) is 30.1 Å². The Bertz CT molecular complexity index is 658. The molecule has 2 unspecified atom stereocenters. The van der Waals surface area contributed by atoms with Crippen molar-refractivity contribution in [3.8, 4) is 0 Å². The summed E-state index contributed by atoms with van der Waals surface area (Å²) in [4.78, 5) is 33.2. The van der Waals surface area contributed by atoms with E-state index in [4.69, 9.17) is 4.84 Å². The van der Waals surface area contributed by atoms with Crippen molar-refractivity contribution in [1.29, 1.82) is 0 Å². The first-order chi connectivity index (χ1) is 13.2. The number of nitrogens with one attached hydrogen (secondary N) is 1. The molecule has 0 spiro atoms. The molecule has 1 N–H and O–H groups in total. The number of hydrogen-bond donors (Lipinski definition) is 1. The SMILES string of the molecule is O=C(NC1CCCCCC1)C1CCC2CN1C(=O)N2OCc1ccccc1. The number of fused-ring (bicyclic) bond motifs is 2. The van der Waals surface area contributed by atoms with Crippen LogP contribution in [0.25, 0.3) is 0 Å². The van der Waals surface area contributed by atoms with Crippen molar-refractivity contribution in [2.24, 2.45) is 0 Å². The summed E-state index contributed by atoms with van der Waals surface area (Å²) in [5, 5.41) is 4.70. The number of carbonyl (C=O) groups is 2. The first kappa shape index (κ1) is 18.3. The molecular formula is C21H29N3O3. The summed E-state index contributed by atoms with van der Waals surface area (Å²) >= 11 is 0. The molecule has 2 heterocycles. The summed E-state index contributed by atoms with van der Waals surface area (Å²) in [5.74, 6) is 0.0126. The van der Waals surface area contributed by atoms with E-state index in [1.807, 2.05) is 30.3 Å². The highest BCUT2D eigenvalue weighted by molar-refractivity contribution is 5.88. The molecule has 2 aliphatic heterocycles. The third-order valence-electron chi connectivity index (χ3n) is 6.04. The van der Waals surface area contributed by atoms with Crippen LogP contribution in [0.15, 0.2) is 30.3 Å². The summed E-state index contributed by atoms with van der Waals surface area (Å²) in [5.41, 5.74) is 1.03. The van der Waals surface area contributed by atoms with Crippen LogP contribution in [0, 0.1) is 0 Å². The summed E-state index contributed by atoms with van der Waals surface area (Å²) in [7, 11) is 0. The maximum atomic E-state index is 12.8. The van der Waals surface area contributed by atoms with Crippen LogP contribution in [0.5, 0.6) is 0 Å². The molecule has 0 radical (unpaired) electrons. The van der Waals surface area contributed by atoms with Crippen molar-refractivity contribution in [3.63, 3.8) is 0 Å². The van der Waals surface area contributed by atoms with Crippen LogP contribution in [0.4, 0.5) is 4.79 Å². The van der Waals surface area contributed by atoms with Gasteiger partial charge in [-0.15, -0.1) is 0 Å². The predicted octanol–water partition coefficient (Wildman–Crippen LogP) is 3.23. The number of nitrogens with zero attached hydrogens (tertiary/aromatic N) is 2. The minimum atomic E-state index is -0.359. The van der Waals surface area contributed by atoms with Crippen molar-refractivity contribution in [1.82, 2.24) is 15.3 Å². The minimum absolute atomic E-state index is 0.0126. The number of urea groups is 1. The molecule has 2 bridgehead atoms. The van der Waals surface area contributed by atoms with Gasteiger partial charge in [-0.3, -0.25) is 9.63 Å². The Balaban J connectivity index is 1.35. The Hall–Kier alpha value is -2.08. The van der Waals surface area contributed by atoms with Gasteiger partial charge < -0.3 is 10.2 Å². The number of benzene rings is 1. The van der Waals surface area contributed by atoms with Gasteiger partial charge in [0.15, 0.2) is 0 Å². The standard InChI is InChI=1S/C21H29N3O3/c25-20(22-17-10-6-1-2-7-11-17)19-13-12-18-14-23(19)21(26)24(18)27-15-16-8-4-3-5-9-16/h3-5,8-9,17-19H,1-2,6-7,10-15H2,(H,22,25). The first-order valence-corrected chi connectivity index (χ1v) is 10.3. The molecule has 146 valence electrons. The lowest BCUT2D eigenvalue weighted by Gasteiger charge is -2.30. The highest BCUT2D eigenvalue weighted by Crippen LogP contribution is 2.31. The molecule has 6 heteroatoms. The molecule has 2 atom stereocenters. The van der Waals surface area contributed by atoms with E-state index in [1.165, 1.54) is 30.7 Å². The zero-order valence-electron chi connectivity index (χ0n) is 15.8. The van der Waals surface area contributed by atoms with Crippen LogP contribution >= 0.6 is 0 Å². The molecule has 1 aromatic rings. The molecular weight excluding hydrogens is 342 g/mol. The molecule has 0 aromatic heterocycles. The van der Waals surface area contributed by atoms with Crippen LogP contribution in [0.1, 0.15) is 56.9 Å². The number of amides is 3. The highest BCUT2D eigenvalue weighted by Gasteiger charge is 2.48. The van der Waals surface area contributed by atoms with Crippen molar-refractivity contribution in [3.05, 3.63) is 35.9 Å². The van der Waals surface area contributed by atoms with E-state index in [1.54, 1.807) is 4.90 Å². The van der Waals surface area contributed by atoms with Crippen molar-refractivity contribution in [2.45, 2.75) is 76.1 Å². The molecule has 3 amide bonds. The second kappa shape index (κ2) is 8.30. The number of rotatable bonds is 5. The van der Waals surface area contributed by atoms with Gasteiger partial charge in [0.25, 0.3) is 0 Å². The van der Waals surface area contributed by atoms with Gasteiger partial charge in [0.05, 0.1) is 6.04 Å². The molecule has 1 aliphatic carbocycles. The molecule has 1 saturated carbocycles. The predicted molar refractivity (Wildman–Crippen MR) is 102 cm³/mol. The fraction of sp³-hybridized carbons (Fsp3) is 0.619. The van der Waals surface area contributed by atoms with Gasteiger partial charge >= 0.3 is 6.03 Å². The van der Waals surface area contributed by atoms with Gasteiger partial charge in [-0.1, -0.05) is 56.0 Å². The lowest BCUT2D eigenvalue weighted by molar-refractivity contribution is -0.140. The Morgan fingerprint density at radius 1 is 1.04 bits per heavy atom. The fourth-order valence-corrected chi connectivity index (χ4v) is 4.51. The second-order valence-electron chi connectivity index (χ2n) is 7.96. The minimum Gasteiger partial charge on any atom is -0.352 e. The van der Waals surface area contributed by atoms with E-state index < -0.39 is 0 Å². The molecule has 4 rings (SSSR count). The quantitative estimate of drug-likeness (QED) is 0.809. The Kier molecular flexibility index (Phi) is 5.62. The van der Waals surface area contributed by atoms with Crippen molar-refractivity contribution in [2.75, 3.05) is 6.54 Å². The van der Waals surface area contributed by atoms with Crippen LogP contribution in [-0.2, 0) is 16.2 Å². The molecule has 3 fully saturated rings. The van der Waals surface area contributed by atoms with E-state index in [2.05, 4.69) is 5.32 Å². The van der Waals surface area contributed by atoms with Gasteiger partial charge in [0, 0.05) is 12.6 Å². The van der Waals surface area contributed by atoms with Gasteiger partial charge in [-0.25, -0.2) is 4.79 Å². The van der Waals surface area contributed by atoms with Crippen molar-refractivity contribution >= 4 is 11.9 Å². The van der Waals surface area contributed by atoms with Gasteiger partial charge in [0.2, 0.25) is 5.91 Å². The van der Waals surface area contributed by atoms with E-state index >= 15 is 0 Å². The average molecular weight is 371 g/mol. The van der Waals surface area contributed by atoms with Crippen LogP contribution in [0.3, 0.4) is 0 Å². The van der Waals surface area contributed by atoms with E-state index in [0.29, 0.717) is 19.6 Å².